The minimum absolute atomic E-state index is 0.000248. The van der Waals surface area contributed by atoms with Gasteiger partial charge in [-0.25, -0.2) is 0 Å². The zero-order valence-corrected chi connectivity index (χ0v) is 14.5. The molecule has 0 aliphatic heterocycles. The summed E-state index contributed by atoms with van der Waals surface area (Å²) in [5, 5.41) is 3.04. The Morgan fingerprint density at radius 3 is 2.60 bits per heavy atom. The second kappa shape index (κ2) is 8.18. The highest BCUT2D eigenvalue weighted by atomic mass is 16.5. The van der Waals surface area contributed by atoms with Crippen molar-refractivity contribution < 1.29 is 14.3 Å². The molecule has 132 valence electrons. The molecule has 0 amide bonds. The van der Waals surface area contributed by atoms with E-state index in [0.29, 0.717) is 0 Å². The lowest BCUT2D eigenvalue weighted by molar-refractivity contribution is -0.145. The lowest BCUT2D eigenvalue weighted by atomic mass is 10.1. The molecule has 0 radical (unpaired) electrons. The van der Waals surface area contributed by atoms with Crippen molar-refractivity contribution in [2.24, 2.45) is 0 Å². The first-order valence-corrected chi connectivity index (χ1v) is 7.89. The number of ether oxygens (including phenoxy) is 1. The number of rotatable bonds is 7. The van der Waals surface area contributed by atoms with Crippen LogP contribution in [0.3, 0.4) is 0 Å². The molecule has 1 heterocycles. The van der Waals surface area contributed by atoms with Crippen LogP contribution in [0.25, 0.3) is 0 Å². The molecule has 0 saturated heterocycles. The number of anilines is 3. The van der Waals surface area contributed by atoms with Gasteiger partial charge in [-0.05, 0) is 44.0 Å². The molecule has 0 spiro atoms. The molecule has 0 aliphatic carbocycles. The summed E-state index contributed by atoms with van der Waals surface area (Å²) in [6.07, 6.45) is -0.438. The number of nitrogens with two attached hydrogens (primary N) is 1. The summed E-state index contributed by atoms with van der Waals surface area (Å²) in [6, 6.07) is 5.83. The number of nitrogens with one attached hydrogen (secondary N) is 1. The zero-order chi connectivity index (χ0) is 18.4. The molecule has 0 bridgehead atoms. The number of nitrogen functional groups attached to an aromatic ring is 1. The Kier molecular flexibility index (Phi) is 5.99. The molecular weight excluding hydrogens is 322 g/mol. The van der Waals surface area contributed by atoms with Crippen molar-refractivity contribution in [1.29, 1.82) is 0 Å². The standard InChI is InChI=1S/C17H21N5O3/c1-4-25-15(24)9-13(23)8-14-20-16(18)22-17(21-14)19-12-6-5-10(2)11(3)7-12/h5-7H,4,8-9H2,1-3H3,(H3,18,19,20,21,22). The van der Waals surface area contributed by atoms with E-state index in [1.807, 2.05) is 32.0 Å². The molecule has 3 N–H and O–H groups in total. The molecule has 1 aromatic heterocycles. The van der Waals surface area contributed by atoms with Crippen LogP contribution < -0.4 is 11.1 Å². The summed E-state index contributed by atoms with van der Waals surface area (Å²) >= 11 is 0. The Balaban J connectivity index is 2.10. The van der Waals surface area contributed by atoms with E-state index in [1.165, 1.54) is 5.56 Å². The van der Waals surface area contributed by atoms with Gasteiger partial charge in [-0.3, -0.25) is 9.59 Å². The van der Waals surface area contributed by atoms with Gasteiger partial charge in [-0.15, -0.1) is 0 Å². The number of hydrogen-bond acceptors (Lipinski definition) is 8. The molecule has 2 rings (SSSR count). The first-order valence-electron chi connectivity index (χ1n) is 7.89. The minimum atomic E-state index is -0.567. The van der Waals surface area contributed by atoms with Gasteiger partial charge in [-0.2, -0.15) is 15.0 Å². The van der Waals surface area contributed by atoms with E-state index in [2.05, 4.69) is 20.3 Å². The van der Waals surface area contributed by atoms with Crippen LogP contribution in [0.15, 0.2) is 18.2 Å². The van der Waals surface area contributed by atoms with Crippen molar-refractivity contribution in [3.8, 4) is 0 Å². The Labute approximate surface area is 145 Å². The lowest BCUT2D eigenvalue weighted by Crippen LogP contribution is -2.15. The Bertz CT molecular complexity index is 792. The molecule has 0 saturated carbocycles. The van der Waals surface area contributed by atoms with Crippen LogP contribution in [-0.4, -0.2) is 33.3 Å². The van der Waals surface area contributed by atoms with Crippen LogP contribution in [0, 0.1) is 13.8 Å². The molecule has 8 nitrogen and oxygen atoms in total. The van der Waals surface area contributed by atoms with Gasteiger partial charge in [0, 0.05) is 5.69 Å². The van der Waals surface area contributed by atoms with E-state index in [0.717, 1.165) is 11.3 Å². The fourth-order valence-corrected chi connectivity index (χ4v) is 2.13. The predicted octanol–water partition coefficient (Wildman–Crippen LogP) is 1.88. The number of benzene rings is 1. The highest BCUT2D eigenvalue weighted by molar-refractivity contribution is 5.96. The second-order valence-electron chi connectivity index (χ2n) is 5.55. The van der Waals surface area contributed by atoms with Gasteiger partial charge in [0.2, 0.25) is 11.9 Å². The summed E-state index contributed by atoms with van der Waals surface area (Å²) in [7, 11) is 0. The molecular formula is C17H21N5O3. The molecule has 0 atom stereocenters. The highest BCUT2D eigenvalue weighted by Crippen LogP contribution is 2.17. The fourth-order valence-electron chi connectivity index (χ4n) is 2.13. The number of Topliss-reactive ketones (excluding diaryl/α,β-unsaturated/α-hetero) is 1. The maximum Gasteiger partial charge on any atom is 0.313 e. The van der Waals surface area contributed by atoms with Gasteiger partial charge in [0.15, 0.2) is 5.78 Å². The van der Waals surface area contributed by atoms with Crippen molar-refractivity contribution in [1.82, 2.24) is 15.0 Å². The van der Waals surface area contributed by atoms with E-state index >= 15 is 0 Å². The minimum Gasteiger partial charge on any atom is -0.466 e. The van der Waals surface area contributed by atoms with Crippen LogP contribution in [0.2, 0.25) is 0 Å². The number of carbonyl (C=O) groups excluding carboxylic acids is 2. The van der Waals surface area contributed by atoms with E-state index in [1.54, 1.807) is 6.92 Å². The third kappa shape index (κ3) is 5.52. The number of aromatic nitrogens is 3. The van der Waals surface area contributed by atoms with E-state index in [4.69, 9.17) is 10.5 Å². The summed E-state index contributed by atoms with van der Waals surface area (Å²) in [5.74, 6) is -0.465. The predicted molar refractivity (Wildman–Crippen MR) is 93.4 cm³/mol. The number of aryl methyl sites for hydroxylation is 2. The molecule has 0 fully saturated rings. The Hall–Kier alpha value is -3.03. The molecule has 0 aliphatic rings. The smallest absolute Gasteiger partial charge is 0.313 e. The summed E-state index contributed by atoms with van der Waals surface area (Å²) in [6.45, 7) is 5.93. The first-order chi connectivity index (χ1) is 11.9. The van der Waals surface area contributed by atoms with Crippen LogP contribution in [0.1, 0.15) is 30.3 Å². The topological polar surface area (TPSA) is 120 Å². The van der Waals surface area contributed by atoms with Crippen LogP contribution in [-0.2, 0) is 20.7 Å². The molecule has 1 aromatic carbocycles. The number of nitrogens with zero attached hydrogens (tertiary/aromatic N) is 3. The lowest BCUT2D eigenvalue weighted by Gasteiger charge is -2.09. The third-order valence-electron chi connectivity index (χ3n) is 3.46. The van der Waals surface area contributed by atoms with Gasteiger partial charge in [0.1, 0.15) is 12.2 Å². The second-order valence-corrected chi connectivity index (χ2v) is 5.55. The van der Waals surface area contributed by atoms with Gasteiger partial charge < -0.3 is 15.8 Å². The van der Waals surface area contributed by atoms with Crippen LogP contribution in [0.5, 0.6) is 0 Å². The molecule has 8 heteroatoms. The number of hydrogen-bond donors (Lipinski definition) is 2. The average molecular weight is 343 g/mol. The first kappa shape index (κ1) is 18.3. The van der Waals surface area contributed by atoms with Crippen LogP contribution >= 0.6 is 0 Å². The van der Waals surface area contributed by atoms with Gasteiger partial charge in [-0.1, -0.05) is 6.07 Å². The number of carbonyl (C=O) groups is 2. The van der Waals surface area contributed by atoms with Crippen molar-refractivity contribution in [3.63, 3.8) is 0 Å². The molecule has 0 unspecified atom stereocenters. The van der Waals surface area contributed by atoms with Crippen molar-refractivity contribution in [3.05, 3.63) is 35.2 Å². The maximum atomic E-state index is 11.9. The average Bonchev–Trinajstić information content (AvgIpc) is 2.50. The van der Waals surface area contributed by atoms with E-state index in [9.17, 15) is 9.59 Å². The quantitative estimate of drug-likeness (QED) is 0.577. The fraction of sp³-hybridized carbons (Fsp3) is 0.353. The van der Waals surface area contributed by atoms with Crippen molar-refractivity contribution in [2.45, 2.75) is 33.6 Å². The summed E-state index contributed by atoms with van der Waals surface area (Å²) in [5.41, 5.74) is 8.78. The highest BCUT2D eigenvalue weighted by Gasteiger charge is 2.14. The third-order valence-corrected chi connectivity index (χ3v) is 3.46. The normalized spacial score (nSPS) is 10.4. The number of ketones is 1. The Morgan fingerprint density at radius 2 is 1.92 bits per heavy atom. The monoisotopic (exact) mass is 343 g/mol. The van der Waals surface area contributed by atoms with Crippen molar-refractivity contribution >= 4 is 29.3 Å². The van der Waals surface area contributed by atoms with Gasteiger partial charge in [0.25, 0.3) is 0 Å². The van der Waals surface area contributed by atoms with Gasteiger partial charge >= 0.3 is 5.97 Å². The molecule has 2 aromatic rings. The molecule has 25 heavy (non-hydrogen) atoms. The largest absolute Gasteiger partial charge is 0.466 e. The zero-order valence-electron chi connectivity index (χ0n) is 14.5. The van der Waals surface area contributed by atoms with E-state index < -0.39 is 5.97 Å². The summed E-state index contributed by atoms with van der Waals surface area (Å²) in [4.78, 5) is 35.4. The number of esters is 1. The summed E-state index contributed by atoms with van der Waals surface area (Å²) < 4.78 is 4.75. The van der Waals surface area contributed by atoms with Crippen LogP contribution in [0.4, 0.5) is 17.6 Å². The van der Waals surface area contributed by atoms with Gasteiger partial charge in [0.05, 0.1) is 13.0 Å². The van der Waals surface area contributed by atoms with E-state index in [-0.39, 0.29) is 43.0 Å². The van der Waals surface area contributed by atoms with Crippen molar-refractivity contribution in [2.75, 3.05) is 17.7 Å². The Morgan fingerprint density at radius 1 is 1.16 bits per heavy atom. The SMILES string of the molecule is CCOC(=O)CC(=O)Cc1nc(N)nc(Nc2ccc(C)c(C)c2)n1. The maximum absolute atomic E-state index is 11.9.